The molecule has 6 heteroatoms. The monoisotopic (exact) mass is 393 g/mol. The highest BCUT2D eigenvalue weighted by Crippen LogP contribution is 2.38. The van der Waals surface area contributed by atoms with Gasteiger partial charge in [0.25, 0.3) is 5.91 Å². The summed E-state index contributed by atoms with van der Waals surface area (Å²) < 4.78 is 14.2. The smallest absolute Gasteiger partial charge is 0.268 e. The first-order valence-corrected chi connectivity index (χ1v) is 8.36. The van der Waals surface area contributed by atoms with E-state index in [4.69, 9.17) is 12.2 Å². The molecule has 1 saturated heterocycles. The first-order chi connectivity index (χ1) is 10.6. The van der Waals surface area contributed by atoms with Crippen molar-refractivity contribution in [2.24, 2.45) is 0 Å². The van der Waals surface area contributed by atoms with E-state index in [1.807, 2.05) is 24.3 Å². The first kappa shape index (κ1) is 15.4. The summed E-state index contributed by atoms with van der Waals surface area (Å²) in [5, 5.41) is 0. The van der Waals surface area contributed by atoms with Gasteiger partial charge in [-0.15, -0.1) is 0 Å². The number of amides is 1. The van der Waals surface area contributed by atoms with E-state index in [1.165, 1.54) is 28.8 Å². The molecule has 0 N–H and O–H groups in total. The van der Waals surface area contributed by atoms with Crippen molar-refractivity contribution < 1.29 is 9.18 Å². The van der Waals surface area contributed by atoms with Gasteiger partial charge in [0.15, 0.2) is 4.32 Å². The highest BCUT2D eigenvalue weighted by atomic mass is 79.9. The number of thioether (sulfide) groups is 1. The van der Waals surface area contributed by atoms with E-state index in [0.29, 0.717) is 14.9 Å². The van der Waals surface area contributed by atoms with Crippen LogP contribution in [0.3, 0.4) is 0 Å². The lowest BCUT2D eigenvalue weighted by Crippen LogP contribution is -2.27. The second-order valence-corrected chi connectivity index (χ2v) is 7.05. The van der Waals surface area contributed by atoms with Crippen LogP contribution in [-0.2, 0) is 4.79 Å². The van der Waals surface area contributed by atoms with Crippen LogP contribution < -0.4 is 4.90 Å². The molecule has 0 radical (unpaired) electrons. The van der Waals surface area contributed by atoms with Gasteiger partial charge in [-0.05, 0) is 51.8 Å². The highest BCUT2D eigenvalue weighted by Gasteiger charge is 2.34. The average molecular weight is 394 g/mol. The number of hydrogen-bond acceptors (Lipinski definition) is 3. The van der Waals surface area contributed by atoms with Crippen LogP contribution in [0.25, 0.3) is 6.08 Å². The summed E-state index contributed by atoms with van der Waals surface area (Å²) in [5.41, 5.74) is 1.47. The van der Waals surface area contributed by atoms with Gasteiger partial charge in [-0.25, -0.2) is 4.39 Å². The van der Waals surface area contributed by atoms with Gasteiger partial charge in [0.05, 0.1) is 10.6 Å². The van der Waals surface area contributed by atoms with E-state index in [9.17, 15) is 9.18 Å². The summed E-state index contributed by atoms with van der Waals surface area (Å²) in [6, 6.07) is 13.4. The van der Waals surface area contributed by atoms with Crippen LogP contribution in [0.15, 0.2) is 57.9 Å². The number of carbonyl (C=O) groups excluding carboxylic acids is 1. The number of nitrogens with zero attached hydrogens (tertiary/aromatic N) is 1. The van der Waals surface area contributed by atoms with Gasteiger partial charge in [-0.1, -0.05) is 48.2 Å². The molecule has 110 valence electrons. The fourth-order valence-corrected chi connectivity index (χ4v) is 3.77. The van der Waals surface area contributed by atoms with Crippen molar-refractivity contribution in [1.82, 2.24) is 0 Å². The van der Waals surface area contributed by atoms with E-state index in [0.717, 1.165) is 10.0 Å². The second-order valence-electron chi connectivity index (χ2n) is 4.52. The summed E-state index contributed by atoms with van der Waals surface area (Å²) in [7, 11) is 0. The van der Waals surface area contributed by atoms with E-state index >= 15 is 0 Å². The number of hydrogen-bond donors (Lipinski definition) is 0. The average Bonchev–Trinajstić information content (AvgIpc) is 2.77. The predicted molar refractivity (Wildman–Crippen MR) is 96.2 cm³/mol. The molecular weight excluding hydrogens is 385 g/mol. The largest absolute Gasteiger partial charge is 0.270 e. The summed E-state index contributed by atoms with van der Waals surface area (Å²) in [5.74, 6) is -0.482. The fraction of sp³-hybridized carbons (Fsp3) is 0. The molecule has 0 bridgehead atoms. The van der Waals surface area contributed by atoms with Crippen LogP contribution in [0, 0.1) is 5.82 Å². The third-order valence-corrected chi connectivity index (χ3v) is 5.03. The standard InChI is InChI=1S/C16H9BrFNOS2/c17-12-3-1-2-4-13(12)19-15(20)14(22-16(19)21)9-10-5-7-11(18)8-6-10/h1-9H/b14-9-. The summed E-state index contributed by atoms with van der Waals surface area (Å²) in [6.45, 7) is 0. The Labute approximate surface area is 145 Å². The maximum atomic E-state index is 12.9. The highest BCUT2D eigenvalue weighted by molar-refractivity contribution is 9.10. The first-order valence-electron chi connectivity index (χ1n) is 6.34. The Bertz CT molecular complexity index is 789. The minimum Gasteiger partial charge on any atom is -0.268 e. The van der Waals surface area contributed by atoms with Gasteiger partial charge in [-0.3, -0.25) is 9.69 Å². The Morgan fingerprint density at radius 2 is 1.82 bits per heavy atom. The molecule has 2 aromatic carbocycles. The lowest BCUT2D eigenvalue weighted by Gasteiger charge is -2.15. The Morgan fingerprint density at radius 3 is 2.50 bits per heavy atom. The number of benzene rings is 2. The van der Waals surface area contributed by atoms with Gasteiger partial charge < -0.3 is 0 Å². The second kappa shape index (κ2) is 6.32. The molecular formula is C16H9BrFNOS2. The molecule has 1 heterocycles. The Morgan fingerprint density at radius 1 is 1.14 bits per heavy atom. The normalized spacial score (nSPS) is 16.6. The van der Waals surface area contributed by atoms with E-state index in [2.05, 4.69) is 15.9 Å². The van der Waals surface area contributed by atoms with Gasteiger partial charge in [0, 0.05) is 4.47 Å². The maximum absolute atomic E-state index is 12.9. The zero-order chi connectivity index (χ0) is 15.7. The molecule has 3 rings (SSSR count). The number of rotatable bonds is 2. The van der Waals surface area contributed by atoms with Crippen LogP contribution in [0.5, 0.6) is 0 Å². The molecule has 1 fully saturated rings. The summed E-state index contributed by atoms with van der Waals surface area (Å²) in [6.07, 6.45) is 1.72. The number of carbonyl (C=O) groups is 1. The topological polar surface area (TPSA) is 20.3 Å². The van der Waals surface area contributed by atoms with Gasteiger partial charge in [-0.2, -0.15) is 0 Å². The van der Waals surface area contributed by atoms with E-state index < -0.39 is 0 Å². The van der Waals surface area contributed by atoms with Crippen molar-refractivity contribution in [2.45, 2.75) is 0 Å². The fourth-order valence-electron chi connectivity index (χ4n) is 2.02. The van der Waals surface area contributed by atoms with Crippen molar-refractivity contribution in [1.29, 1.82) is 0 Å². The zero-order valence-electron chi connectivity index (χ0n) is 11.1. The van der Waals surface area contributed by atoms with Crippen LogP contribution in [-0.4, -0.2) is 10.2 Å². The van der Waals surface area contributed by atoms with Gasteiger partial charge in [0.1, 0.15) is 5.82 Å². The predicted octanol–water partition coefficient (Wildman–Crippen LogP) is 4.99. The Kier molecular flexibility index (Phi) is 4.42. The van der Waals surface area contributed by atoms with Crippen molar-refractivity contribution >= 4 is 61.9 Å². The molecule has 1 aliphatic heterocycles. The molecule has 1 amide bonds. The third-order valence-electron chi connectivity index (χ3n) is 3.05. The number of para-hydroxylation sites is 1. The van der Waals surface area contributed by atoms with Crippen molar-refractivity contribution in [3.8, 4) is 0 Å². The molecule has 0 spiro atoms. The molecule has 2 nitrogen and oxygen atoms in total. The van der Waals surface area contributed by atoms with E-state index in [1.54, 1.807) is 18.2 Å². The Hall–Kier alpha value is -1.50. The maximum Gasteiger partial charge on any atom is 0.270 e. The number of thiocarbonyl (C=S) groups is 1. The van der Waals surface area contributed by atoms with Gasteiger partial charge >= 0.3 is 0 Å². The molecule has 0 atom stereocenters. The number of halogens is 2. The van der Waals surface area contributed by atoms with Crippen LogP contribution in [0.1, 0.15) is 5.56 Å². The van der Waals surface area contributed by atoms with E-state index in [-0.39, 0.29) is 11.7 Å². The SMILES string of the molecule is O=C1/C(=C/c2ccc(F)cc2)SC(=S)N1c1ccccc1Br. The Balaban J connectivity index is 1.95. The molecule has 0 unspecified atom stereocenters. The molecule has 22 heavy (non-hydrogen) atoms. The van der Waals surface area contributed by atoms with Crippen molar-refractivity contribution in [3.63, 3.8) is 0 Å². The zero-order valence-corrected chi connectivity index (χ0v) is 14.3. The van der Waals surface area contributed by atoms with Crippen LogP contribution in [0.4, 0.5) is 10.1 Å². The van der Waals surface area contributed by atoms with Crippen LogP contribution >= 0.6 is 39.9 Å². The summed E-state index contributed by atoms with van der Waals surface area (Å²) >= 11 is 9.99. The molecule has 0 saturated carbocycles. The number of anilines is 1. The minimum atomic E-state index is -0.307. The molecule has 2 aromatic rings. The third kappa shape index (κ3) is 2.99. The minimum absolute atomic E-state index is 0.175. The summed E-state index contributed by atoms with van der Waals surface area (Å²) in [4.78, 5) is 14.6. The lowest BCUT2D eigenvalue weighted by atomic mass is 10.2. The molecule has 0 aromatic heterocycles. The van der Waals surface area contributed by atoms with Crippen LogP contribution in [0.2, 0.25) is 0 Å². The molecule has 1 aliphatic rings. The van der Waals surface area contributed by atoms with Crippen molar-refractivity contribution in [3.05, 3.63) is 69.3 Å². The molecule has 0 aliphatic carbocycles. The lowest BCUT2D eigenvalue weighted by molar-refractivity contribution is -0.113. The quantitative estimate of drug-likeness (QED) is 0.529. The van der Waals surface area contributed by atoms with Crippen molar-refractivity contribution in [2.75, 3.05) is 4.90 Å². The van der Waals surface area contributed by atoms with Gasteiger partial charge in [0.2, 0.25) is 0 Å².